The second-order valence-electron chi connectivity index (χ2n) is 6.16. The second-order valence-corrected chi connectivity index (χ2v) is 6.16. The van der Waals surface area contributed by atoms with Crippen molar-refractivity contribution in [2.24, 2.45) is 17.1 Å². The zero-order valence-electron chi connectivity index (χ0n) is 11.0. The molecule has 0 heterocycles. The van der Waals surface area contributed by atoms with Gasteiger partial charge in [0.05, 0.1) is 0 Å². The Kier molecular flexibility index (Phi) is 4.36. The molecule has 0 aromatic rings. The Hall–Kier alpha value is -0.570. The Labute approximate surface area is 98.7 Å². The monoisotopic (exact) mass is 227 g/mol. The average molecular weight is 227 g/mol. The summed E-state index contributed by atoms with van der Waals surface area (Å²) in [6.45, 7) is 8.13. The second kappa shape index (κ2) is 5.17. The standard InChI is InChI=1S/C13H25NO2/c1-9-5-7-10(8-6-9)16-12(15)11(14)13(2,3)4/h9-11H,5-8,14H2,1-4H3/t9?,10?,11-/m0/s1. The first-order valence-corrected chi connectivity index (χ1v) is 6.26. The molecular weight excluding hydrogens is 202 g/mol. The van der Waals surface area contributed by atoms with Crippen LogP contribution in [-0.2, 0) is 9.53 Å². The minimum atomic E-state index is -0.521. The number of nitrogens with two attached hydrogens (primary N) is 1. The summed E-state index contributed by atoms with van der Waals surface area (Å²) in [6, 6.07) is -0.521. The lowest BCUT2D eigenvalue weighted by molar-refractivity contribution is -0.155. The molecule has 0 saturated heterocycles. The molecule has 1 aliphatic rings. The third kappa shape index (κ3) is 3.78. The van der Waals surface area contributed by atoms with Gasteiger partial charge in [0.15, 0.2) is 0 Å². The molecule has 16 heavy (non-hydrogen) atoms. The van der Waals surface area contributed by atoms with Crippen LogP contribution in [0.25, 0.3) is 0 Å². The average Bonchev–Trinajstić information content (AvgIpc) is 2.19. The van der Waals surface area contributed by atoms with Gasteiger partial charge < -0.3 is 10.5 Å². The quantitative estimate of drug-likeness (QED) is 0.737. The van der Waals surface area contributed by atoms with Gasteiger partial charge in [0, 0.05) is 0 Å². The first kappa shape index (κ1) is 13.5. The van der Waals surface area contributed by atoms with Gasteiger partial charge in [-0.15, -0.1) is 0 Å². The van der Waals surface area contributed by atoms with Crippen molar-refractivity contribution in [3.8, 4) is 0 Å². The minimum absolute atomic E-state index is 0.0945. The molecule has 1 fully saturated rings. The van der Waals surface area contributed by atoms with Gasteiger partial charge in [-0.3, -0.25) is 4.79 Å². The Bertz CT molecular complexity index is 237. The summed E-state index contributed by atoms with van der Waals surface area (Å²) in [5, 5.41) is 0. The van der Waals surface area contributed by atoms with Crippen molar-refractivity contribution in [2.75, 3.05) is 0 Å². The van der Waals surface area contributed by atoms with Crippen molar-refractivity contribution in [3.63, 3.8) is 0 Å². The van der Waals surface area contributed by atoms with Crippen LogP contribution >= 0.6 is 0 Å². The van der Waals surface area contributed by atoms with Gasteiger partial charge in [0.1, 0.15) is 12.1 Å². The fraction of sp³-hybridized carbons (Fsp3) is 0.923. The zero-order valence-corrected chi connectivity index (χ0v) is 11.0. The lowest BCUT2D eigenvalue weighted by atomic mass is 9.87. The molecule has 0 aromatic heterocycles. The van der Waals surface area contributed by atoms with E-state index in [4.69, 9.17) is 10.5 Å². The summed E-state index contributed by atoms with van der Waals surface area (Å²) >= 11 is 0. The van der Waals surface area contributed by atoms with Gasteiger partial charge in [-0.2, -0.15) is 0 Å². The maximum Gasteiger partial charge on any atom is 0.323 e. The SMILES string of the molecule is CC1CCC(OC(=O)[C@H](N)C(C)(C)C)CC1. The topological polar surface area (TPSA) is 52.3 Å². The molecule has 3 nitrogen and oxygen atoms in total. The van der Waals surface area contributed by atoms with Gasteiger partial charge >= 0.3 is 5.97 Å². The highest BCUT2D eigenvalue weighted by atomic mass is 16.5. The van der Waals surface area contributed by atoms with Crippen LogP contribution in [0.3, 0.4) is 0 Å². The van der Waals surface area contributed by atoms with Crippen LogP contribution in [0.2, 0.25) is 0 Å². The molecular formula is C13H25NO2. The molecule has 0 spiro atoms. The summed E-state index contributed by atoms with van der Waals surface area (Å²) in [7, 11) is 0. The summed E-state index contributed by atoms with van der Waals surface area (Å²) in [4.78, 5) is 11.8. The van der Waals surface area contributed by atoms with Crippen molar-refractivity contribution >= 4 is 5.97 Å². The van der Waals surface area contributed by atoms with E-state index in [2.05, 4.69) is 6.92 Å². The van der Waals surface area contributed by atoms with Crippen LogP contribution < -0.4 is 5.73 Å². The van der Waals surface area contributed by atoms with E-state index in [1.807, 2.05) is 20.8 Å². The Morgan fingerprint density at radius 2 is 1.75 bits per heavy atom. The molecule has 0 amide bonds. The van der Waals surface area contributed by atoms with Gasteiger partial charge in [0.25, 0.3) is 0 Å². The van der Waals surface area contributed by atoms with Crippen LogP contribution in [0.4, 0.5) is 0 Å². The van der Waals surface area contributed by atoms with E-state index in [1.54, 1.807) is 0 Å². The highest BCUT2D eigenvalue weighted by Gasteiger charge is 2.31. The van der Waals surface area contributed by atoms with E-state index in [9.17, 15) is 4.79 Å². The predicted molar refractivity (Wildman–Crippen MR) is 64.9 cm³/mol. The maximum absolute atomic E-state index is 11.8. The molecule has 1 atom stereocenters. The van der Waals surface area contributed by atoms with Gasteiger partial charge in [0.2, 0.25) is 0 Å². The van der Waals surface area contributed by atoms with Crippen molar-refractivity contribution in [1.29, 1.82) is 0 Å². The summed E-state index contributed by atoms with van der Waals surface area (Å²) in [5.74, 6) is 0.526. The maximum atomic E-state index is 11.8. The smallest absolute Gasteiger partial charge is 0.323 e. The number of carbonyl (C=O) groups excluding carboxylic acids is 1. The normalized spacial score (nSPS) is 28.6. The molecule has 0 unspecified atom stereocenters. The summed E-state index contributed by atoms with van der Waals surface area (Å²) in [6.07, 6.45) is 4.39. The van der Waals surface area contributed by atoms with E-state index in [0.29, 0.717) is 0 Å². The molecule has 1 aliphatic carbocycles. The van der Waals surface area contributed by atoms with Crippen LogP contribution in [-0.4, -0.2) is 18.1 Å². The van der Waals surface area contributed by atoms with Crippen molar-refractivity contribution in [1.82, 2.24) is 0 Å². The van der Waals surface area contributed by atoms with Crippen LogP contribution in [0.15, 0.2) is 0 Å². The van der Waals surface area contributed by atoms with Gasteiger partial charge in [-0.25, -0.2) is 0 Å². The number of rotatable bonds is 2. The number of hydrogen-bond acceptors (Lipinski definition) is 3. The molecule has 1 saturated carbocycles. The van der Waals surface area contributed by atoms with E-state index in [0.717, 1.165) is 31.6 Å². The number of esters is 1. The molecule has 94 valence electrons. The molecule has 0 aromatic carbocycles. The molecule has 0 radical (unpaired) electrons. The lowest BCUT2D eigenvalue weighted by Gasteiger charge is -2.30. The largest absolute Gasteiger partial charge is 0.461 e. The third-order valence-electron chi connectivity index (χ3n) is 3.43. The molecule has 3 heteroatoms. The highest BCUT2D eigenvalue weighted by molar-refractivity contribution is 5.76. The lowest BCUT2D eigenvalue weighted by Crippen LogP contribution is -2.44. The van der Waals surface area contributed by atoms with Gasteiger partial charge in [-0.1, -0.05) is 27.7 Å². The minimum Gasteiger partial charge on any atom is -0.461 e. The molecule has 2 N–H and O–H groups in total. The van der Waals surface area contributed by atoms with Crippen LogP contribution in [0.1, 0.15) is 53.4 Å². The first-order chi connectivity index (χ1) is 7.30. The number of carbonyl (C=O) groups is 1. The van der Waals surface area contributed by atoms with E-state index >= 15 is 0 Å². The highest BCUT2D eigenvalue weighted by Crippen LogP contribution is 2.27. The number of ether oxygens (including phenoxy) is 1. The van der Waals surface area contributed by atoms with E-state index < -0.39 is 6.04 Å². The fourth-order valence-electron chi connectivity index (χ4n) is 1.94. The molecule has 0 bridgehead atoms. The third-order valence-corrected chi connectivity index (χ3v) is 3.43. The van der Waals surface area contributed by atoms with Crippen LogP contribution in [0, 0.1) is 11.3 Å². The van der Waals surface area contributed by atoms with Gasteiger partial charge in [-0.05, 0) is 37.0 Å². The predicted octanol–water partition coefficient (Wildman–Crippen LogP) is 2.48. The fourth-order valence-corrected chi connectivity index (χ4v) is 1.94. The van der Waals surface area contributed by atoms with E-state index in [-0.39, 0.29) is 17.5 Å². The van der Waals surface area contributed by atoms with Crippen molar-refractivity contribution in [3.05, 3.63) is 0 Å². The van der Waals surface area contributed by atoms with Crippen molar-refractivity contribution in [2.45, 2.75) is 65.5 Å². The Morgan fingerprint density at radius 3 is 2.19 bits per heavy atom. The zero-order chi connectivity index (χ0) is 12.3. The summed E-state index contributed by atoms with van der Waals surface area (Å²) < 4.78 is 5.46. The van der Waals surface area contributed by atoms with Crippen LogP contribution in [0.5, 0.6) is 0 Å². The Balaban J connectivity index is 2.40. The number of hydrogen-bond donors (Lipinski definition) is 1. The van der Waals surface area contributed by atoms with E-state index in [1.165, 1.54) is 0 Å². The Morgan fingerprint density at radius 1 is 1.25 bits per heavy atom. The summed E-state index contributed by atoms with van der Waals surface area (Å²) in [5.41, 5.74) is 5.64. The first-order valence-electron chi connectivity index (χ1n) is 6.26. The molecule has 1 rings (SSSR count). The molecule has 0 aliphatic heterocycles. The van der Waals surface area contributed by atoms with Crippen molar-refractivity contribution < 1.29 is 9.53 Å².